The van der Waals surface area contributed by atoms with Gasteiger partial charge in [-0.05, 0) is 42.3 Å². The molecule has 0 atom stereocenters. The van der Waals surface area contributed by atoms with Crippen molar-refractivity contribution in [1.29, 1.82) is 0 Å². The number of oxazole rings is 1. The Morgan fingerprint density at radius 2 is 1.77 bits per heavy atom. The Morgan fingerprint density at radius 3 is 2.50 bits per heavy atom. The van der Waals surface area contributed by atoms with E-state index in [-0.39, 0.29) is 12.4 Å². The van der Waals surface area contributed by atoms with Gasteiger partial charge in [0.05, 0.1) is 5.69 Å². The Bertz CT molecular complexity index is 778. The Kier molecular flexibility index (Phi) is 4.02. The van der Waals surface area contributed by atoms with Gasteiger partial charge in [0.1, 0.15) is 11.6 Å². The van der Waals surface area contributed by atoms with Gasteiger partial charge >= 0.3 is 0 Å². The minimum atomic E-state index is -0.253. The Hall–Kier alpha value is -2.46. The van der Waals surface area contributed by atoms with Crippen molar-refractivity contribution in [3.8, 4) is 22.6 Å². The molecule has 0 unspecified atom stereocenters. The number of aromatic nitrogens is 1. The van der Waals surface area contributed by atoms with Crippen molar-refractivity contribution in [3.05, 3.63) is 65.8 Å². The molecule has 0 fully saturated rings. The van der Waals surface area contributed by atoms with Crippen LogP contribution in [-0.4, -0.2) is 16.7 Å². The monoisotopic (exact) mass is 297 g/mol. The van der Waals surface area contributed by atoms with Crippen LogP contribution in [0.5, 0.6) is 0 Å². The molecule has 4 heteroatoms. The van der Waals surface area contributed by atoms with Gasteiger partial charge in [-0.15, -0.1) is 0 Å². The molecule has 3 nitrogen and oxygen atoms in total. The van der Waals surface area contributed by atoms with Crippen LogP contribution in [0.3, 0.4) is 0 Å². The largest absolute Gasteiger partial charge is 0.441 e. The van der Waals surface area contributed by atoms with Gasteiger partial charge in [-0.2, -0.15) is 0 Å². The van der Waals surface area contributed by atoms with E-state index in [2.05, 4.69) is 4.98 Å². The summed E-state index contributed by atoms with van der Waals surface area (Å²) in [6, 6.07) is 14.1. The van der Waals surface area contributed by atoms with E-state index in [0.29, 0.717) is 12.3 Å². The first kappa shape index (κ1) is 14.5. The van der Waals surface area contributed by atoms with Crippen LogP contribution in [0, 0.1) is 12.7 Å². The second kappa shape index (κ2) is 6.12. The van der Waals surface area contributed by atoms with Crippen molar-refractivity contribution in [3.63, 3.8) is 0 Å². The first-order valence-electron chi connectivity index (χ1n) is 7.11. The number of aliphatic hydroxyl groups is 1. The van der Waals surface area contributed by atoms with Crippen molar-refractivity contribution in [2.75, 3.05) is 6.61 Å². The number of hydrogen-bond donors (Lipinski definition) is 1. The van der Waals surface area contributed by atoms with Crippen molar-refractivity contribution < 1.29 is 13.9 Å². The Balaban J connectivity index is 1.97. The summed E-state index contributed by atoms with van der Waals surface area (Å²) < 4.78 is 18.7. The number of aryl methyl sites for hydroxylation is 1. The molecule has 1 aromatic heterocycles. The smallest absolute Gasteiger partial charge is 0.226 e. The minimum absolute atomic E-state index is 0.0441. The third-order valence-electron chi connectivity index (χ3n) is 3.53. The van der Waals surface area contributed by atoms with E-state index in [1.54, 1.807) is 12.1 Å². The molecule has 0 saturated heterocycles. The molecule has 1 N–H and O–H groups in total. The average molecular weight is 297 g/mol. The molecule has 0 bridgehead atoms. The van der Waals surface area contributed by atoms with Crippen LogP contribution in [0.15, 0.2) is 52.9 Å². The summed E-state index contributed by atoms with van der Waals surface area (Å²) in [5, 5.41) is 9.03. The fourth-order valence-corrected chi connectivity index (χ4v) is 2.36. The first-order valence-corrected chi connectivity index (χ1v) is 7.11. The van der Waals surface area contributed by atoms with Crippen LogP contribution in [0.2, 0.25) is 0 Å². The second-order valence-electron chi connectivity index (χ2n) is 5.08. The summed E-state index contributed by atoms with van der Waals surface area (Å²) in [6.07, 6.45) is 0.479. The molecule has 0 aliphatic carbocycles. The predicted octanol–water partition coefficient (Wildman–Crippen LogP) is 3.99. The summed E-state index contributed by atoms with van der Waals surface area (Å²) in [7, 11) is 0. The van der Waals surface area contributed by atoms with Crippen molar-refractivity contribution in [1.82, 2.24) is 4.98 Å². The minimum Gasteiger partial charge on any atom is -0.441 e. The van der Waals surface area contributed by atoms with Gasteiger partial charge in [-0.25, -0.2) is 9.37 Å². The highest BCUT2D eigenvalue weighted by Crippen LogP contribution is 2.27. The summed E-state index contributed by atoms with van der Waals surface area (Å²) in [4.78, 5) is 4.43. The average Bonchev–Trinajstić information content (AvgIpc) is 2.90. The van der Waals surface area contributed by atoms with Crippen LogP contribution in [0.25, 0.3) is 22.6 Å². The third-order valence-corrected chi connectivity index (χ3v) is 3.53. The number of hydrogen-bond acceptors (Lipinski definition) is 3. The zero-order valence-corrected chi connectivity index (χ0v) is 12.2. The van der Waals surface area contributed by atoms with Gasteiger partial charge in [0.15, 0.2) is 0 Å². The van der Waals surface area contributed by atoms with Crippen LogP contribution >= 0.6 is 0 Å². The quantitative estimate of drug-likeness (QED) is 0.792. The molecule has 1 heterocycles. The molecule has 0 saturated carbocycles. The standard InChI is InChI=1S/C18H16FNO2/c1-12-17(9-10-21)20-18(22-12)15-4-2-3-14(11-15)13-5-7-16(19)8-6-13/h2-8,11,21H,9-10H2,1H3. The van der Waals surface area contributed by atoms with E-state index < -0.39 is 0 Å². The van der Waals surface area contributed by atoms with Gasteiger partial charge in [-0.3, -0.25) is 0 Å². The molecule has 0 radical (unpaired) electrons. The van der Waals surface area contributed by atoms with Crippen LogP contribution < -0.4 is 0 Å². The maximum atomic E-state index is 13.0. The van der Waals surface area contributed by atoms with E-state index in [0.717, 1.165) is 28.1 Å². The van der Waals surface area contributed by atoms with Gasteiger partial charge in [-0.1, -0.05) is 24.3 Å². The highest BCUT2D eigenvalue weighted by atomic mass is 19.1. The maximum Gasteiger partial charge on any atom is 0.226 e. The van der Waals surface area contributed by atoms with Gasteiger partial charge < -0.3 is 9.52 Å². The molecule has 0 spiro atoms. The number of benzene rings is 2. The maximum absolute atomic E-state index is 13.0. The fraction of sp³-hybridized carbons (Fsp3) is 0.167. The molecule has 0 aliphatic heterocycles. The lowest BCUT2D eigenvalue weighted by molar-refractivity contribution is 0.297. The molecule has 3 aromatic rings. The summed E-state index contributed by atoms with van der Waals surface area (Å²) in [6.45, 7) is 1.88. The van der Waals surface area contributed by atoms with Crippen molar-refractivity contribution >= 4 is 0 Å². The van der Waals surface area contributed by atoms with E-state index in [1.165, 1.54) is 12.1 Å². The lowest BCUT2D eigenvalue weighted by Gasteiger charge is -2.03. The van der Waals surface area contributed by atoms with E-state index in [4.69, 9.17) is 9.52 Å². The first-order chi connectivity index (χ1) is 10.7. The number of halogens is 1. The Labute approximate surface area is 128 Å². The fourth-order valence-electron chi connectivity index (χ4n) is 2.36. The van der Waals surface area contributed by atoms with E-state index in [9.17, 15) is 4.39 Å². The van der Waals surface area contributed by atoms with Crippen LogP contribution in [-0.2, 0) is 6.42 Å². The molecular formula is C18H16FNO2. The molecule has 0 aliphatic rings. The SMILES string of the molecule is Cc1oc(-c2cccc(-c3ccc(F)cc3)c2)nc1CCO. The van der Waals surface area contributed by atoms with Gasteiger partial charge in [0.25, 0.3) is 0 Å². The molecule has 22 heavy (non-hydrogen) atoms. The highest BCUT2D eigenvalue weighted by molar-refractivity contribution is 5.69. The normalized spacial score (nSPS) is 10.9. The van der Waals surface area contributed by atoms with E-state index in [1.807, 2.05) is 31.2 Å². The predicted molar refractivity (Wildman–Crippen MR) is 82.9 cm³/mol. The summed E-state index contributed by atoms with van der Waals surface area (Å²) in [5.74, 6) is 0.998. The number of rotatable bonds is 4. The molecule has 112 valence electrons. The molecule has 3 rings (SSSR count). The number of nitrogens with zero attached hydrogens (tertiary/aromatic N) is 1. The zero-order valence-electron chi connectivity index (χ0n) is 12.2. The van der Waals surface area contributed by atoms with E-state index >= 15 is 0 Å². The molecule has 0 amide bonds. The number of aliphatic hydroxyl groups excluding tert-OH is 1. The lowest BCUT2D eigenvalue weighted by Crippen LogP contribution is -1.92. The van der Waals surface area contributed by atoms with Crippen LogP contribution in [0.4, 0.5) is 4.39 Å². The molecule has 2 aromatic carbocycles. The van der Waals surface area contributed by atoms with Crippen molar-refractivity contribution in [2.45, 2.75) is 13.3 Å². The summed E-state index contributed by atoms with van der Waals surface area (Å²) in [5.41, 5.74) is 3.53. The topological polar surface area (TPSA) is 46.3 Å². The summed E-state index contributed by atoms with van der Waals surface area (Å²) >= 11 is 0. The zero-order chi connectivity index (χ0) is 15.5. The molecular weight excluding hydrogens is 281 g/mol. The van der Waals surface area contributed by atoms with Crippen LogP contribution in [0.1, 0.15) is 11.5 Å². The van der Waals surface area contributed by atoms with Gasteiger partial charge in [0, 0.05) is 18.6 Å². The second-order valence-corrected chi connectivity index (χ2v) is 5.08. The third kappa shape index (κ3) is 2.92. The van der Waals surface area contributed by atoms with Crippen molar-refractivity contribution in [2.24, 2.45) is 0 Å². The lowest BCUT2D eigenvalue weighted by atomic mass is 10.0. The van der Waals surface area contributed by atoms with Gasteiger partial charge in [0.2, 0.25) is 5.89 Å². The Morgan fingerprint density at radius 1 is 1.05 bits per heavy atom. The highest BCUT2D eigenvalue weighted by Gasteiger charge is 2.11.